The van der Waals surface area contributed by atoms with Crippen LogP contribution in [0, 0.1) is 0 Å². The summed E-state index contributed by atoms with van der Waals surface area (Å²) < 4.78 is 9.57. The third kappa shape index (κ3) is 3.00. The van der Waals surface area contributed by atoms with Gasteiger partial charge in [0.1, 0.15) is 5.75 Å². The van der Waals surface area contributed by atoms with Gasteiger partial charge in [0.05, 0.1) is 25.5 Å². The number of halogens is 1. The van der Waals surface area contributed by atoms with E-state index in [4.69, 9.17) is 10.6 Å². The Hall–Kier alpha value is -1.46. The van der Waals surface area contributed by atoms with Crippen molar-refractivity contribution >= 4 is 24.1 Å². The molecule has 0 aliphatic heterocycles. The minimum Gasteiger partial charge on any atom is -0.495 e. The van der Waals surface area contributed by atoms with Crippen molar-refractivity contribution in [3.63, 3.8) is 0 Å². The van der Waals surface area contributed by atoms with Crippen LogP contribution in [0.3, 0.4) is 0 Å². The second-order valence-electron chi connectivity index (χ2n) is 2.55. The number of nitrogen functional groups attached to an aromatic ring is 1. The van der Waals surface area contributed by atoms with E-state index in [0.29, 0.717) is 17.0 Å². The summed E-state index contributed by atoms with van der Waals surface area (Å²) in [5.41, 5.74) is 3.39. The molecule has 3 N–H and O–H groups in total. The summed E-state index contributed by atoms with van der Waals surface area (Å²) in [6.07, 6.45) is 0. The van der Waals surface area contributed by atoms with E-state index in [2.05, 4.69) is 10.2 Å². The van der Waals surface area contributed by atoms with Crippen LogP contribution in [0.4, 0.5) is 5.69 Å². The summed E-state index contributed by atoms with van der Waals surface area (Å²) in [7, 11) is 2.84. The summed E-state index contributed by atoms with van der Waals surface area (Å²) in [6, 6.07) is 4.80. The van der Waals surface area contributed by atoms with Gasteiger partial charge in [-0.1, -0.05) is 0 Å². The molecule has 0 spiro atoms. The van der Waals surface area contributed by atoms with E-state index in [1.54, 1.807) is 18.2 Å². The molecule has 0 radical (unpaired) electrons. The number of anilines is 1. The van der Waals surface area contributed by atoms with E-state index in [9.17, 15) is 4.79 Å². The van der Waals surface area contributed by atoms with E-state index >= 15 is 0 Å². The zero-order chi connectivity index (χ0) is 10.6. The normalized spacial score (nSPS) is 8.73. The Morgan fingerprint density at radius 3 is 2.53 bits per heavy atom. The molecule has 1 aromatic rings. The molecule has 0 aliphatic carbocycles. The molecule has 84 valence electrons. The summed E-state index contributed by atoms with van der Waals surface area (Å²) in [4.78, 5) is 11.1. The highest BCUT2D eigenvalue weighted by molar-refractivity contribution is 5.91. The average molecular weight is 233 g/mol. The first-order valence-electron chi connectivity index (χ1n) is 3.96. The van der Waals surface area contributed by atoms with Crippen molar-refractivity contribution < 1.29 is 14.3 Å². The zero-order valence-electron chi connectivity index (χ0n) is 8.44. The third-order valence-corrected chi connectivity index (χ3v) is 1.78. The van der Waals surface area contributed by atoms with Crippen LogP contribution >= 0.6 is 12.4 Å². The van der Waals surface area contributed by atoms with Crippen molar-refractivity contribution in [3.05, 3.63) is 23.8 Å². The second kappa shape index (κ2) is 6.10. The van der Waals surface area contributed by atoms with Gasteiger partial charge in [-0.15, -0.1) is 12.4 Å². The van der Waals surface area contributed by atoms with Crippen LogP contribution in [0.5, 0.6) is 5.75 Å². The van der Waals surface area contributed by atoms with E-state index in [1.165, 1.54) is 14.2 Å². The van der Waals surface area contributed by atoms with Gasteiger partial charge in [-0.05, 0) is 18.2 Å². The predicted octanol–water partition coefficient (Wildman–Crippen LogP) is 1.19. The number of rotatable bonds is 3. The van der Waals surface area contributed by atoms with Crippen molar-refractivity contribution in [2.75, 3.05) is 19.6 Å². The molecule has 5 nitrogen and oxygen atoms in total. The van der Waals surface area contributed by atoms with Gasteiger partial charge in [0.15, 0.2) is 0 Å². The first-order valence-corrected chi connectivity index (χ1v) is 3.96. The number of carbonyl (C=O) groups excluding carboxylic acids is 1. The van der Waals surface area contributed by atoms with E-state index < -0.39 is 5.97 Å². The number of benzene rings is 1. The van der Waals surface area contributed by atoms with Gasteiger partial charge in [0.2, 0.25) is 0 Å². The van der Waals surface area contributed by atoms with Crippen LogP contribution in [0.2, 0.25) is 0 Å². The van der Waals surface area contributed by atoms with Crippen molar-refractivity contribution in [2.24, 2.45) is 5.84 Å². The van der Waals surface area contributed by atoms with Crippen molar-refractivity contribution in [1.29, 1.82) is 0 Å². The monoisotopic (exact) mass is 232 g/mol. The molecular weight excluding hydrogens is 220 g/mol. The fourth-order valence-corrected chi connectivity index (χ4v) is 1.07. The lowest BCUT2D eigenvalue weighted by Gasteiger charge is -2.08. The van der Waals surface area contributed by atoms with Crippen molar-refractivity contribution in [2.45, 2.75) is 0 Å². The first kappa shape index (κ1) is 13.5. The topological polar surface area (TPSA) is 73.6 Å². The Balaban J connectivity index is 0.00000196. The molecule has 1 rings (SSSR count). The number of hydrogen-bond donors (Lipinski definition) is 2. The van der Waals surface area contributed by atoms with Crippen molar-refractivity contribution in [3.8, 4) is 5.75 Å². The fraction of sp³-hybridized carbons (Fsp3) is 0.222. The number of nitrogens with one attached hydrogen (secondary N) is 1. The van der Waals surface area contributed by atoms with Crippen molar-refractivity contribution in [1.82, 2.24) is 0 Å². The van der Waals surface area contributed by atoms with Crippen LogP contribution in [0.1, 0.15) is 10.4 Å². The molecule has 15 heavy (non-hydrogen) atoms. The predicted molar refractivity (Wildman–Crippen MR) is 59.4 cm³/mol. The Labute approximate surface area is 93.9 Å². The third-order valence-electron chi connectivity index (χ3n) is 1.78. The maximum absolute atomic E-state index is 11.1. The van der Waals surface area contributed by atoms with Crippen LogP contribution < -0.4 is 16.0 Å². The van der Waals surface area contributed by atoms with E-state index in [1.807, 2.05) is 0 Å². The van der Waals surface area contributed by atoms with Gasteiger partial charge in [0.25, 0.3) is 0 Å². The van der Waals surface area contributed by atoms with Gasteiger partial charge >= 0.3 is 5.97 Å². The Kier molecular flexibility index (Phi) is 5.51. The number of esters is 1. The molecule has 0 saturated heterocycles. The van der Waals surface area contributed by atoms with Crippen LogP contribution in [-0.4, -0.2) is 20.2 Å². The quantitative estimate of drug-likeness (QED) is 0.465. The molecule has 0 fully saturated rings. The number of carbonyl (C=O) groups is 1. The zero-order valence-corrected chi connectivity index (χ0v) is 9.26. The molecule has 0 bridgehead atoms. The van der Waals surface area contributed by atoms with Gasteiger partial charge in [0, 0.05) is 0 Å². The molecule has 1 aromatic carbocycles. The summed E-state index contributed by atoms with van der Waals surface area (Å²) >= 11 is 0. The van der Waals surface area contributed by atoms with Crippen LogP contribution in [-0.2, 0) is 4.74 Å². The minimum absolute atomic E-state index is 0. The summed E-state index contributed by atoms with van der Waals surface area (Å²) in [6.45, 7) is 0. The fourth-order valence-electron chi connectivity index (χ4n) is 1.07. The van der Waals surface area contributed by atoms with E-state index in [0.717, 1.165) is 0 Å². The molecule has 0 unspecified atom stereocenters. The summed E-state index contributed by atoms with van der Waals surface area (Å²) in [5.74, 6) is 5.41. The van der Waals surface area contributed by atoms with Crippen LogP contribution in [0.15, 0.2) is 18.2 Å². The highest BCUT2D eigenvalue weighted by Crippen LogP contribution is 2.24. The second-order valence-corrected chi connectivity index (χ2v) is 2.55. The highest BCUT2D eigenvalue weighted by Gasteiger charge is 2.08. The lowest BCUT2D eigenvalue weighted by molar-refractivity contribution is 0.0601. The molecule has 6 heteroatoms. The smallest absolute Gasteiger partial charge is 0.337 e. The van der Waals surface area contributed by atoms with Gasteiger partial charge in [-0.3, -0.25) is 5.84 Å². The summed E-state index contributed by atoms with van der Waals surface area (Å²) in [5, 5.41) is 0. The number of ether oxygens (including phenoxy) is 2. The molecule has 0 heterocycles. The number of hydrogen-bond acceptors (Lipinski definition) is 5. The Morgan fingerprint density at radius 1 is 1.40 bits per heavy atom. The number of methoxy groups -OCH3 is 2. The number of hydrazine groups is 1. The average Bonchev–Trinajstić information content (AvgIpc) is 2.26. The lowest BCUT2D eigenvalue weighted by atomic mass is 10.2. The SMILES string of the molecule is COC(=O)c1ccc(OC)c(NN)c1.Cl. The highest BCUT2D eigenvalue weighted by atomic mass is 35.5. The lowest BCUT2D eigenvalue weighted by Crippen LogP contribution is -2.10. The minimum atomic E-state index is -0.413. The number of nitrogens with two attached hydrogens (primary N) is 1. The van der Waals surface area contributed by atoms with Gasteiger partial charge < -0.3 is 14.9 Å². The standard InChI is InChI=1S/C9H12N2O3.ClH/c1-13-8-4-3-6(9(12)14-2)5-7(8)11-10;/h3-5,11H,10H2,1-2H3;1H. The van der Waals surface area contributed by atoms with Gasteiger partial charge in [-0.25, -0.2) is 4.79 Å². The maximum Gasteiger partial charge on any atom is 0.337 e. The first-order chi connectivity index (χ1) is 6.72. The maximum atomic E-state index is 11.1. The molecule has 0 aliphatic rings. The molecule has 0 amide bonds. The molecule has 0 atom stereocenters. The molecule has 0 aromatic heterocycles. The Morgan fingerprint density at radius 2 is 2.07 bits per heavy atom. The van der Waals surface area contributed by atoms with Crippen LogP contribution in [0.25, 0.3) is 0 Å². The largest absolute Gasteiger partial charge is 0.495 e. The molecular formula is C9H13ClN2O3. The van der Waals surface area contributed by atoms with E-state index in [-0.39, 0.29) is 12.4 Å². The Bertz CT molecular complexity index is 344. The molecule has 0 saturated carbocycles. The van der Waals surface area contributed by atoms with Gasteiger partial charge in [-0.2, -0.15) is 0 Å².